The molecule has 0 bridgehead atoms. The van der Waals surface area contributed by atoms with E-state index in [1.54, 1.807) is 19.1 Å². The molecule has 5 amide bonds. The highest BCUT2D eigenvalue weighted by molar-refractivity contribution is 7.92. The molecule has 2 fully saturated rings. The highest BCUT2D eigenvalue weighted by Crippen LogP contribution is 2.42. The Morgan fingerprint density at radius 1 is 0.838 bits per heavy atom. The normalized spacial score (nSPS) is 16.9. The summed E-state index contributed by atoms with van der Waals surface area (Å²) >= 11 is 0. The van der Waals surface area contributed by atoms with Gasteiger partial charge in [0.25, 0.3) is 17.7 Å². The molecule has 2 unspecified atom stereocenters. The number of aromatic nitrogens is 4. The second kappa shape index (κ2) is 24.0. The largest absolute Gasteiger partial charge is 0.379 e. The van der Waals surface area contributed by atoms with Gasteiger partial charge >= 0.3 is 0 Å². The lowest BCUT2D eigenvalue weighted by molar-refractivity contribution is -0.145. The number of fused-ring (bicyclic) bond motifs is 2. The van der Waals surface area contributed by atoms with Crippen molar-refractivity contribution in [3.8, 4) is 22.4 Å². The molecule has 8 rings (SSSR count). The summed E-state index contributed by atoms with van der Waals surface area (Å²) in [7, 11) is -2.06. The molecule has 3 aliphatic rings. The van der Waals surface area contributed by atoms with Crippen molar-refractivity contribution < 1.29 is 60.1 Å². The number of hydrogen-bond acceptors (Lipinski definition) is 16. The van der Waals surface area contributed by atoms with Crippen molar-refractivity contribution in [1.29, 1.82) is 0 Å². The summed E-state index contributed by atoms with van der Waals surface area (Å²) < 4.78 is 82.6. The number of aromatic amines is 1. The number of hydrogen-bond donors (Lipinski definition) is 4. The van der Waals surface area contributed by atoms with E-state index >= 15 is 8.78 Å². The van der Waals surface area contributed by atoms with Crippen molar-refractivity contribution in [2.75, 3.05) is 87.1 Å². The molecule has 2 atom stereocenters. The van der Waals surface area contributed by atoms with E-state index in [2.05, 4.69) is 30.3 Å². The van der Waals surface area contributed by atoms with Crippen LogP contribution in [0.15, 0.2) is 61.2 Å². The van der Waals surface area contributed by atoms with E-state index in [0.717, 1.165) is 23.5 Å². The molecule has 0 aliphatic carbocycles. The van der Waals surface area contributed by atoms with Gasteiger partial charge in [-0.05, 0) is 68.5 Å². The van der Waals surface area contributed by atoms with Gasteiger partial charge in [0.15, 0.2) is 12.0 Å². The predicted molar refractivity (Wildman–Crippen MR) is 267 cm³/mol. The van der Waals surface area contributed by atoms with Crippen molar-refractivity contribution in [3.05, 3.63) is 83.9 Å². The van der Waals surface area contributed by atoms with E-state index in [9.17, 15) is 32.4 Å². The van der Waals surface area contributed by atoms with Gasteiger partial charge in [-0.2, -0.15) is 0 Å². The first-order valence-corrected chi connectivity index (χ1v) is 26.1. The van der Waals surface area contributed by atoms with E-state index in [1.807, 2.05) is 23.8 Å². The van der Waals surface area contributed by atoms with Gasteiger partial charge in [0.05, 0.1) is 90.2 Å². The second-order valence-corrected chi connectivity index (χ2v) is 19.7. The van der Waals surface area contributed by atoms with E-state index < -0.39 is 74.7 Å². The van der Waals surface area contributed by atoms with Crippen LogP contribution in [-0.2, 0) is 43.4 Å². The zero-order chi connectivity index (χ0) is 52.5. The topological polar surface area (TPSA) is 257 Å². The van der Waals surface area contributed by atoms with Crippen molar-refractivity contribution in [3.63, 3.8) is 0 Å². The Kier molecular flexibility index (Phi) is 17.4. The van der Waals surface area contributed by atoms with Gasteiger partial charge in [0.1, 0.15) is 24.0 Å². The molecule has 2 aromatic carbocycles. The number of nitrogens with zero attached hydrogens (tertiary/aromatic N) is 6. The lowest BCUT2D eigenvalue weighted by Gasteiger charge is -2.40. The SMILES string of the molecule is CCCOCCOCCOCCOC(C(=O)Nc1cccc2c1C(=O)N(C1CCC(=O)NC1=O)C2=O)N1CCC(N(C)c2ccc3[nH]c(-c4c(F)ccc(NS(=O)(=O)CCC)c4F)c(-c4cncnc4)c3n2)CC1. The van der Waals surface area contributed by atoms with Gasteiger partial charge in [-0.25, -0.2) is 32.2 Å². The summed E-state index contributed by atoms with van der Waals surface area (Å²) in [5.41, 5.74) is 0.502. The quantitative estimate of drug-likeness (QED) is 0.0475. The van der Waals surface area contributed by atoms with Crippen molar-refractivity contribution in [2.45, 2.75) is 70.7 Å². The fraction of sp³-hybridized carbons (Fsp3) is 0.440. The molecule has 0 radical (unpaired) electrons. The molecule has 21 nitrogen and oxygen atoms in total. The Balaban J connectivity index is 0.999. The van der Waals surface area contributed by atoms with E-state index in [4.69, 9.17) is 23.9 Å². The van der Waals surface area contributed by atoms with Crippen molar-refractivity contribution >= 4 is 67.8 Å². The van der Waals surface area contributed by atoms with Crippen LogP contribution in [0.3, 0.4) is 0 Å². The fourth-order valence-corrected chi connectivity index (χ4v) is 10.4. The smallest absolute Gasteiger partial charge is 0.268 e. The number of likely N-dealkylation sites (tertiary alicyclic amines) is 1. The Labute approximate surface area is 425 Å². The molecule has 2 saturated heterocycles. The van der Waals surface area contributed by atoms with Crippen LogP contribution in [0.4, 0.5) is 26.0 Å². The molecule has 5 aromatic rings. The zero-order valence-electron chi connectivity index (χ0n) is 41.2. The molecular weight excluding hydrogens is 987 g/mol. The third kappa shape index (κ3) is 11.9. The minimum absolute atomic E-state index is 0.000454. The van der Waals surface area contributed by atoms with Crippen LogP contribution in [0, 0.1) is 11.6 Å². The number of nitrogens with one attached hydrogen (secondary N) is 4. The molecule has 0 spiro atoms. The monoisotopic (exact) mass is 1040 g/mol. The molecule has 394 valence electrons. The third-order valence-electron chi connectivity index (χ3n) is 12.8. The highest BCUT2D eigenvalue weighted by atomic mass is 32.2. The minimum Gasteiger partial charge on any atom is -0.379 e. The van der Waals surface area contributed by atoms with Crippen LogP contribution >= 0.6 is 0 Å². The highest BCUT2D eigenvalue weighted by Gasteiger charge is 2.46. The number of halogens is 2. The summed E-state index contributed by atoms with van der Waals surface area (Å²) in [6.07, 6.45) is 5.24. The number of carbonyl (C=O) groups excluding carboxylic acids is 5. The summed E-state index contributed by atoms with van der Waals surface area (Å²) in [4.78, 5) is 87.5. The van der Waals surface area contributed by atoms with Gasteiger partial charge in [0.2, 0.25) is 21.8 Å². The lowest BCUT2D eigenvalue weighted by atomic mass is 10.0. The second-order valence-electron chi connectivity index (χ2n) is 17.9. The molecule has 6 heterocycles. The molecule has 3 aromatic heterocycles. The fourth-order valence-electron chi connectivity index (χ4n) is 9.26. The molecule has 4 N–H and O–H groups in total. The van der Waals surface area contributed by atoms with E-state index in [-0.39, 0.29) is 78.9 Å². The summed E-state index contributed by atoms with van der Waals surface area (Å²) in [6.45, 7) is 6.69. The summed E-state index contributed by atoms with van der Waals surface area (Å²) in [5, 5.41) is 5.00. The number of pyridine rings is 1. The maximum Gasteiger partial charge on any atom is 0.268 e. The van der Waals surface area contributed by atoms with Crippen LogP contribution in [0.5, 0.6) is 0 Å². The molecular formula is C50H58F2N10O11S. The maximum atomic E-state index is 16.3. The van der Waals surface area contributed by atoms with E-state index in [1.165, 1.54) is 36.9 Å². The molecule has 74 heavy (non-hydrogen) atoms. The van der Waals surface area contributed by atoms with Gasteiger partial charge in [-0.1, -0.05) is 19.9 Å². The number of amides is 5. The number of benzene rings is 2. The summed E-state index contributed by atoms with van der Waals surface area (Å²) in [6, 6.07) is 8.64. The number of anilines is 3. The number of piperidine rings is 2. The van der Waals surface area contributed by atoms with Crippen LogP contribution in [-0.4, -0.2) is 158 Å². The Morgan fingerprint density at radius 2 is 1.54 bits per heavy atom. The van der Waals surface area contributed by atoms with Crippen LogP contribution < -0.4 is 20.3 Å². The Morgan fingerprint density at radius 3 is 2.23 bits per heavy atom. The van der Waals surface area contributed by atoms with E-state index in [0.29, 0.717) is 74.8 Å². The lowest BCUT2D eigenvalue weighted by Crippen LogP contribution is -2.54. The average molecular weight is 1050 g/mol. The standard InChI is InChI=1S/C50H58F2N10O11S/c1-4-19-70-20-21-71-22-23-72-24-25-73-50(47(65)56-34-8-6-7-32-41(34)49(67)62(48(32)66)37-12-14-39(63)58-46(37)64)61-17-15-31(16-18-61)60(3)38-13-11-36-44(57-38)40(30-27-53-29-54-28-30)45(55-36)42-33(51)9-10-35(43(42)52)59-74(68,69)26-5-2/h6-11,13,27-29,31,37,50,55,59H,4-5,12,14-26H2,1-3H3,(H,56,65)(H,58,63,64). The van der Waals surface area contributed by atoms with Gasteiger partial charge in [-0.15, -0.1) is 0 Å². The average Bonchev–Trinajstić information content (AvgIpc) is 3.88. The number of carbonyl (C=O) groups is 5. The Bertz CT molecular complexity index is 2990. The number of ether oxygens (including phenoxy) is 4. The number of imide groups is 2. The molecule has 3 aliphatic heterocycles. The first-order chi connectivity index (χ1) is 35.7. The number of sulfonamides is 1. The van der Waals surface area contributed by atoms with Crippen molar-refractivity contribution in [1.82, 2.24) is 35.1 Å². The van der Waals surface area contributed by atoms with Crippen LogP contribution in [0.25, 0.3) is 33.4 Å². The first kappa shape index (κ1) is 53.5. The minimum atomic E-state index is -3.93. The molecule has 24 heteroatoms. The summed E-state index contributed by atoms with van der Waals surface area (Å²) in [5.74, 6) is -5.19. The van der Waals surface area contributed by atoms with Gasteiger partial charge in [-0.3, -0.25) is 43.8 Å². The zero-order valence-corrected chi connectivity index (χ0v) is 42.0. The molecule has 0 saturated carbocycles. The Hall–Kier alpha value is -6.83. The van der Waals surface area contributed by atoms with Crippen LogP contribution in [0.1, 0.15) is 73.1 Å². The maximum absolute atomic E-state index is 16.3. The van der Waals surface area contributed by atoms with Crippen LogP contribution in [0.2, 0.25) is 0 Å². The number of H-pyrrole nitrogens is 1. The first-order valence-electron chi connectivity index (χ1n) is 24.4. The number of rotatable bonds is 24. The van der Waals surface area contributed by atoms with Gasteiger partial charge in [0, 0.05) is 62.7 Å². The van der Waals surface area contributed by atoms with Crippen molar-refractivity contribution in [2.24, 2.45) is 0 Å². The predicted octanol–water partition coefficient (Wildman–Crippen LogP) is 4.86. The van der Waals surface area contributed by atoms with Gasteiger partial charge < -0.3 is 34.1 Å². The third-order valence-corrected chi connectivity index (χ3v) is 14.3.